The van der Waals surface area contributed by atoms with Crippen LogP contribution in [-0.4, -0.2) is 31.1 Å². The first-order valence-corrected chi connectivity index (χ1v) is 5.42. The molecule has 0 aliphatic rings. The van der Waals surface area contributed by atoms with Gasteiger partial charge >= 0.3 is 5.97 Å². The molecular formula is C11H11BrO5. The maximum absolute atomic E-state index is 11.5. The second kappa shape index (κ2) is 5.18. The van der Waals surface area contributed by atoms with Gasteiger partial charge in [0.15, 0.2) is 11.5 Å². The van der Waals surface area contributed by atoms with Gasteiger partial charge in [-0.15, -0.1) is 0 Å². The van der Waals surface area contributed by atoms with Crippen LogP contribution in [0.4, 0.5) is 0 Å². The maximum Gasteiger partial charge on any atom is 0.377 e. The summed E-state index contributed by atoms with van der Waals surface area (Å²) < 4.78 is 10.7. The Bertz CT molecular complexity index is 481. The SMILES string of the molecule is COc1c(Br)cc(C(=O)C(=O)O)c(C)c1OC. The summed E-state index contributed by atoms with van der Waals surface area (Å²) in [5.41, 5.74) is 0.502. The van der Waals surface area contributed by atoms with Gasteiger partial charge in [0.1, 0.15) is 0 Å². The number of rotatable bonds is 4. The van der Waals surface area contributed by atoms with E-state index in [1.165, 1.54) is 20.3 Å². The van der Waals surface area contributed by atoms with Crippen LogP contribution >= 0.6 is 15.9 Å². The van der Waals surface area contributed by atoms with Crippen molar-refractivity contribution in [3.05, 3.63) is 21.7 Å². The third-order valence-electron chi connectivity index (χ3n) is 2.29. The number of carbonyl (C=O) groups is 2. The van der Waals surface area contributed by atoms with E-state index in [4.69, 9.17) is 14.6 Å². The van der Waals surface area contributed by atoms with Crippen molar-refractivity contribution in [2.45, 2.75) is 6.92 Å². The summed E-state index contributed by atoms with van der Waals surface area (Å²) in [4.78, 5) is 22.1. The number of hydrogen-bond donors (Lipinski definition) is 1. The largest absolute Gasteiger partial charge is 0.493 e. The number of carbonyl (C=O) groups excluding carboxylic acids is 1. The number of halogens is 1. The molecule has 6 heteroatoms. The molecule has 0 saturated heterocycles. The molecule has 0 amide bonds. The number of ether oxygens (including phenoxy) is 2. The molecule has 1 rings (SSSR count). The van der Waals surface area contributed by atoms with Gasteiger partial charge in [0.25, 0.3) is 5.78 Å². The first kappa shape index (κ1) is 13.5. The summed E-state index contributed by atoms with van der Waals surface area (Å²) in [6, 6.07) is 1.41. The predicted molar refractivity (Wildman–Crippen MR) is 63.9 cm³/mol. The average molecular weight is 303 g/mol. The van der Waals surface area contributed by atoms with Crippen molar-refractivity contribution in [2.75, 3.05) is 14.2 Å². The summed E-state index contributed by atoms with van der Waals surface area (Å²) >= 11 is 3.20. The van der Waals surface area contributed by atoms with Crippen molar-refractivity contribution in [1.82, 2.24) is 0 Å². The molecule has 17 heavy (non-hydrogen) atoms. The van der Waals surface area contributed by atoms with Gasteiger partial charge in [0, 0.05) is 11.1 Å². The van der Waals surface area contributed by atoms with Gasteiger partial charge in [-0.05, 0) is 28.9 Å². The molecule has 0 spiro atoms. The summed E-state index contributed by atoms with van der Waals surface area (Å²) in [6.45, 7) is 1.60. The molecular weight excluding hydrogens is 292 g/mol. The quantitative estimate of drug-likeness (QED) is 0.680. The lowest BCUT2D eigenvalue weighted by Crippen LogP contribution is -2.15. The van der Waals surface area contributed by atoms with Crippen LogP contribution in [0.1, 0.15) is 15.9 Å². The number of carboxylic acids is 1. The van der Waals surface area contributed by atoms with Crippen molar-refractivity contribution in [2.24, 2.45) is 0 Å². The molecule has 1 aromatic rings. The Labute approximate surface area is 106 Å². The van der Waals surface area contributed by atoms with Crippen LogP contribution < -0.4 is 9.47 Å². The maximum atomic E-state index is 11.5. The molecule has 0 aliphatic heterocycles. The Balaban J connectivity index is 3.51. The number of aliphatic carboxylic acids is 1. The molecule has 0 aromatic heterocycles. The lowest BCUT2D eigenvalue weighted by molar-refractivity contribution is -0.131. The van der Waals surface area contributed by atoms with Gasteiger partial charge in [0.2, 0.25) is 0 Å². The predicted octanol–water partition coefficient (Wildman–Crippen LogP) is 2.04. The topological polar surface area (TPSA) is 72.8 Å². The molecule has 0 bridgehead atoms. The minimum atomic E-state index is -1.51. The first-order chi connectivity index (χ1) is 7.93. The highest BCUT2D eigenvalue weighted by Gasteiger charge is 2.23. The van der Waals surface area contributed by atoms with E-state index in [1.807, 2.05) is 0 Å². The van der Waals surface area contributed by atoms with Crippen molar-refractivity contribution in [3.63, 3.8) is 0 Å². The number of benzene rings is 1. The van der Waals surface area contributed by atoms with Gasteiger partial charge in [-0.1, -0.05) is 0 Å². The standard InChI is InChI=1S/C11H11BrO5/c1-5-6(8(13)11(14)15)4-7(12)10(17-3)9(5)16-2/h4H,1-3H3,(H,14,15). The highest BCUT2D eigenvalue weighted by molar-refractivity contribution is 9.10. The Hall–Kier alpha value is -1.56. The van der Waals surface area contributed by atoms with Crippen LogP contribution in [0.2, 0.25) is 0 Å². The minimum absolute atomic E-state index is 0.0713. The van der Waals surface area contributed by atoms with E-state index >= 15 is 0 Å². The molecule has 0 unspecified atom stereocenters. The second-order valence-electron chi connectivity index (χ2n) is 3.23. The van der Waals surface area contributed by atoms with Gasteiger partial charge < -0.3 is 14.6 Å². The second-order valence-corrected chi connectivity index (χ2v) is 4.09. The zero-order chi connectivity index (χ0) is 13.2. The summed E-state index contributed by atoms with van der Waals surface area (Å²) in [6.07, 6.45) is 0. The Morgan fingerprint density at radius 2 is 1.76 bits per heavy atom. The van der Waals surface area contributed by atoms with Gasteiger partial charge in [-0.25, -0.2) is 4.79 Å². The molecule has 0 radical (unpaired) electrons. The number of Topliss-reactive ketones (excluding diaryl/α,β-unsaturated/α-hetero) is 1. The van der Waals surface area contributed by atoms with E-state index in [2.05, 4.69) is 15.9 Å². The molecule has 0 saturated carbocycles. The Morgan fingerprint density at radius 3 is 2.18 bits per heavy atom. The fourth-order valence-corrected chi connectivity index (χ4v) is 2.06. The molecule has 0 aliphatic carbocycles. The molecule has 92 valence electrons. The fraction of sp³-hybridized carbons (Fsp3) is 0.273. The van der Waals surface area contributed by atoms with Crippen LogP contribution in [0.5, 0.6) is 11.5 Å². The highest BCUT2D eigenvalue weighted by Crippen LogP contribution is 2.39. The molecule has 0 fully saturated rings. The van der Waals surface area contributed by atoms with Crippen LogP contribution in [-0.2, 0) is 4.79 Å². The minimum Gasteiger partial charge on any atom is -0.493 e. The number of hydrogen-bond acceptors (Lipinski definition) is 4. The molecule has 0 atom stereocenters. The van der Waals surface area contributed by atoms with Gasteiger partial charge in [-0.2, -0.15) is 0 Å². The third kappa shape index (κ3) is 2.41. The average Bonchev–Trinajstić information content (AvgIpc) is 2.29. The molecule has 1 N–H and O–H groups in total. The van der Waals surface area contributed by atoms with Crippen molar-refractivity contribution in [1.29, 1.82) is 0 Å². The summed E-state index contributed by atoms with van der Waals surface area (Å²) in [7, 11) is 2.88. The summed E-state index contributed by atoms with van der Waals surface area (Å²) in [5, 5.41) is 8.70. The number of methoxy groups -OCH3 is 2. The smallest absolute Gasteiger partial charge is 0.377 e. The van der Waals surface area contributed by atoms with Crippen molar-refractivity contribution < 1.29 is 24.2 Å². The third-order valence-corrected chi connectivity index (χ3v) is 2.87. The normalized spacial score (nSPS) is 9.88. The van der Waals surface area contributed by atoms with E-state index in [9.17, 15) is 9.59 Å². The number of carboxylic acid groups (broad SMARTS) is 1. The van der Waals surface area contributed by atoms with E-state index in [-0.39, 0.29) is 5.56 Å². The van der Waals surface area contributed by atoms with Crippen LogP contribution in [0, 0.1) is 6.92 Å². The monoisotopic (exact) mass is 302 g/mol. The highest BCUT2D eigenvalue weighted by atomic mass is 79.9. The zero-order valence-electron chi connectivity index (χ0n) is 9.54. The van der Waals surface area contributed by atoms with Gasteiger partial charge in [-0.3, -0.25) is 4.79 Å². The Kier molecular flexibility index (Phi) is 4.11. The fourth-order valence-electron chi connectivity index (χ4n) is 1.49. The van der Waals surface area contributed by atoms with Crippen LogP contribution in [0.15, 0.2) is 10.5 Å². The van der Waals surface area contributed by atoms with Crippen LogP contribution in [0.25, 0.3) is 0 Å². The lowest BCUT2D eigenvalue weighted by Gasteiger charge is -2.14. The van der Waals surface area contributed by atoms with E-state index in [0.717, 1.165) is 0 Å². The molecule has 0 heterocycles. The van der Waals surface area contributed by atoms with E-state index in [0.29, 0.717) is 21.5 Å². The molecule has 1 aromatic carbocycles. The van der Waals surface area contributed by atoms with Gasteiger partial charge in [0.05, 0.1) is 18.7 Å². The first-order valence-electron chi connectivity index (χ1n) is 4.62. The zero-order valence-corrected chi connectivity index (χ0v) is 11.1. The van der Waals surface area contributed by atoms with Crippen molar-refractivity contribution in [3.8, 4) is 11.5 Å². The summed E-state index contributed by atoms with van der Waals surface area (Å²) in [5.74, 6) is -1.73. The number of ketones is 1. The van der Waals surface area contributed by atoms with Crippen molar-refractivity contribution >= 4 is 27.7 Å². The van der Waals surface area contributed by atoms with E-state index in [1.54, 1.807) is 6.92 Å². The van der Waals surface area contributed by atoms with Crippen LogP contribution in [0.3, 0.4) is 0 Å². The van der Waals surface area contributed by atoms with E-state index < -0.39 is 11.8 Å². The lowest BCUT2D eigenvalue weighted by atomic mass is 10.0. The molecule has 5 nitrogen and oxygen atoms in total. The Morgan fingerprint density at radius 1 is 1.24 bits per heavy atom.